The first-order chi connectivity index (χ1) is 16.4. The van der Waals surface area contributed by atoms with E-state index < -0.39 is 29.5 Å². The van der Waals surface area contributed by atoms with E-state index >= 15 is 0 Å². The van der Waals surface area contributed by atoms with Crippen molar-refractivity contribution in [2.45, 2.75) is 13.0 Å². The second-order valence-corrected chi connectivity index (χ2v) is 7.67. The lowest BCUT2D eigenvalue weighted by molar-refractivity contribution is 0.244. The summed E-state index contributed by atoms with van der Waals surface area (Å²) in [6.45, 7) is 1.70. The number of halogens is 3. The maximum Gasteiger partial charge on any atom is 0.326 e. The second kappa shape index (κ2) is 8.51. The van der Waals surface area contributed by atoms with E-state index in [-0.39, 0.29) is 11.7 Å². The molecule has 1 aliphatic heterocycles. The summed E-state index contributed by atoms with van der Waals surface area (Å²) in [5.41, 5.74) is 2.53. The molecule has 0 radical (unpaired) electrons. The lowest BCUT2D eigenvalue weighted by Crippen LogP contribution is -2.46. The smallest absolute Gasteiger partial charge is 0.326 e. The first-order valence-corrected chi connectivity index (χ1v) is 10.3. The van der Waals surface area contributed by atoms with Gasteiger partial charge in [0.1, 0.15) is 17.5 Å². The Morgan fingerprint density at radius 1 is 0.853 bits per heavy atom. The molecule has 1 N–H and O–H groups in total. The first-order valence-electron chi connectivity index (χ1n) is 10.3. The van der Waals surface area contributed by atoms with E-state index in [1.165, 1.54) is 65.6 Å². The fourth-order valence-corrected chi connectivity index (χ4v) is 3.88. The molecule has 0 spiro atoms. The third-order valence-corrected chi connectivity index (χ3v) is 5.53. The molecular formula is C25H17F3N4O2. The Hall–Kier alpha value is -4.40. The fourth-order valence-electron chi connectivity index (χ4n) is 3.88. The van der Waals surface area contributed by atoms with Crippen LogP contribution in [0.1, 0.15) is 24.4 Å². The topological polar surface area (TPSA) is 71.3 Å². The van der Waals surface area contributed by atoms with Gasteiger partial charge in [-0.1, -0.05) is 17.3 Å². The highest BCUT2D eigenvalue weighted by atomic mass is 19.1. The molecule has 1 aromatic heterocycles. The van der Waals surface area contributed by atoms with Gasteiger partial charge < -0.3 is 9.84 Å². The van der Waals surface area contributed by atoms with E-state index in [1.807, 2.05) is 0 Å². The van der Waals surface area contributed by atoms with E-state index in [9.17, 15) is 18.0 Å². The molecule has 4 aromatic rings. The molecule has 1 atom stereocenters. The van der Waals surface area contributed by atoms with Crippen molar-refractivity contribution in [2.24, 2.45) is 0 Å². The van der Waals surface area contributed by atoms with Crippen LogP contribution in [-0.2, 0) is 0 Å². The minimum Gasteiger partial charge on any atom is -0.334 e. The van der Waals surface area contributed by atoms with Gasteiger partial charge in [-0.25, -0.2) is 18.0 Å². The van der Waals surface area contributed by atoms with Crippen LogP contribution in [0.25, 0.3) is 17.0 Å². The van der Waals surface area contributed by atoms with E-state index in [1.54, 1.807) is 19.1 Å². The normalized spacial score (nSPS) is 16.1. The maximum atomic E-state index is 13.6. The van der Waals surface area contributed by atoms with Crippen molar-refractivity contribution in [1.82, 2.24) is 15.5 Å². The van der Waals surface area contributed by atoms with Crippen LogP contribution < -0.4 is 10.2 Å². The number of carbonyl (C=O) groups is 1. The predicted octanol–water partition coefficient (Wildman–Crippen LogP) is 5.86. The number of nitrogens with zero attached hydrogens (tertiary/aromatic N) is 3. The monoisotopic (exact) mass is 462 g/mol. The summed E-state index contributed by atoms with van der Waals surface area (Å²) in [4.78, 5) is 18.9. The molecule has 0 saturated heterocycles. The Bertz CT molecular complexity index is 1380. The van der Waals surface area contributed by atoms with Crippen molar-refractivity contribution in [1.29, 1.82) is 0 Å². The highest BCUT2D eigenvalue weighted by molar-refractivity contribution is 6.01. The highest BCUT2D eigenvalue weighted by Crippen LogP contribution is 2.39. The molecule has 3 aromatic carbocycles. The van der Waals surface area contributed by atoms with Crippen LogP contribution in [0.2, 0.25) is 0 Å². The molecule has 0 aliphatic carbocycles. The number of amides is 2. The zero-order chi connectivity index (χ0) is 23.8. The predicted molar refractivity (Wildman–Crippen MR) is 119 cm³/mol. The summed E-state index contributed by atoms with van der Waals surface area (Å²) in [7, 11) is 0. The number of allylic oxidation sites excluding steroid dienone is 1. The number of anilines is 1. The van der Waals surface area contributed by atoms with Crippen LogP contribution in [0.3, 0.4) is 0 Å². The summed E-state index contributed by atoms with van der Waals surface area (Å²) >= 11 is 0. The van der Waals surface area contributed by atoms with E-state index in [0.717, 1.165) is 0 Å². The highest BCUT2D eigenvalue weighted by Gasteiger charge is 2.36. The number of benzene rings is 3. The van der Waals surface area contributed by atoms with Gasteiger partial charge in [0.05, 0.1) is 17.3 Å². The minimum atomic E-state index is -0.716. The summed E-state index contributed by atoms with van der Waals surface area (Å²) in [5.74, 6) is -0.894. The molecule has 0 saturated carbocycles. The van der Waals surface area contributed by atoms with Crippen molar-refractivity contribution in [3.8, 4) is 11.4 Å². The van der Waals surface area contributed by atoms with Crippen LogP contribution in [0.5, 0.6) is 0 Å². The number of hydrogen-bond acceptors (Lipinski definition) is 4. The standard InChI is InChI=1S/C25H17F3N4O2/c1-14-21(24-30-23(31-34-24)16-4-8-18(27)9-5-16)22(15-2-6-17(26)7-3-15)29-25(33)32(14)20-12-10-19(28)11-13-20/h2-13,22H,1H3,(H,29,33). The zero-order valence-electron chi connectivity index (χ0n) is 17.8. The Morgan fingerprint density at radius 3 is 2.03 bits per heavy atom. The fraction of sp³-hybridized carbons (Fsp3) is 0.0800. The molecule has 6 nitrogen and oxygen atoms in total. The maximum absolute atomic E-state index is 13.6. The van der Waals surface area contributed by atoms with E-state index in [2.05, 4.69) is 15.5 Å². The van der Waals surface area contributed by atoms with Gasteiger partial charge in [0.15, 0.2) is 0 Å². The van der Waals surface area contributed by atoms with Gasteiger partial charge >= 0.3 is 6.03 Å². The molecule has 34 heavy (non-hydrogen) atoms. The summed E-state index contributed by atoms with van der Waals surface area (Å²) in [6.07, 6.45) is 0. The Morgan fingerprint density at radius 2 is 1.41 bits per heavy atom. The lowest BCUT2D eigenvalue weighted by atomic mass is 9.94. The first kappa shape index (κ1) is 21.4. The molecule has 2 heterocycles. The van der Waals surface area contributed by atoms with Gasteiger partial charge in [0.25, 0.3) is 5.89 Å². The van der Waals surface area contributed by atoms with Gasteiger partial charge in [0.2, 0.25) is 5.82 Å². The van der Waals surface area contributed by atoms with Gasteiger partial charge in [0, 0.05) is 11.3 Å². The minimum absolute atomic E-state index is 0.123. The number of nitrogens with one attached hydrogen (secondary N) is 1. The van der Waals surface area contributed by atoms with Crippen molar-refractivity contribution in [3.05, 3.63) is 107 Å². The van der Waals surface area contributed by atoms with Crippen molar-refractivity contribution in [2.75, 3.05) is 4.90 Å². The molecule has 9 heteroatoms. The van der Waals surface area contributed by atoms with Crippen LogP contribution in [0.4, 0.5) is 23.7 Å². The Kier molecular flexibility index (Phi) is 5.37. The number of urea groups is 1. The van der Waals surface area contributed by atoms with Crippen LogP contribution in [0.15, 0.2) is 83.0 Å². The van der Waals surface area contributed by atoms with E-state index in [4.69, 9.17) is 4.52 Å². The number of hydrogen-bond donors (Lipinski definition) is 1. The van der Waals surface area contributed by atoms with E-state index in [0.29, 0.717) is 28.1 Å². The van der Waals surface area contributed by atoms with Crippen molar-refractivity contribution >= 4 is 17.3 Å². The van der Waals surface area contributed by atoms with Crippen LogP contribution >= 0.6 is 0 Å². The van der Waals surface area contributed by atoms with Gasteiger partial charge in [-0.3, -0.25) is 4.90 Å². The average molecular weight is 462 g/mol. The SMILES string of the molecule is CC1=C(c2nc(-c3ccc(F)cc3)no2)C(c2ccc(F)cc2)NC(=O)N1c1ccc(F)cc1. The number of rotatable bonds is 4. The Labute approximate surface area is 192 Å². The second-order valence-electron chi connectivity index (χ2n) is 7.67. The zero-order valence-corrected chi connectivity index (χ0v) is 17.8. The molecule has 170 valence electrons. The van der Waals surface area contributed by atoms with Crippen molar-refractivity contribution in [3.63, 3.8) is 0 Å². The van der Waals surface area contributed by atoms with Gasteiger partial charge in [-0.15, -0.1) is 0 Å². The molecular weight excluding hydrogens is 445 g/mol. The summed E-state index contributed by atoms with van der Waals surface area (Å²) in [5, 5.41) is 6.90. The molecule has 0 fully saturated rings. The molecule has 1 aliphatic rings. The van der Waals surface area contributed by atoms with Crippen LogP contribution in [0, 0.1) is 17.5 Å². The molecule has 1 unspecified atom stereocenters. The number of carbonyl (C=O) groups excluding carboxylic acids is 1. The van der Waals surface area contributed by atoms with Gasteiger partial charge in [-0.2, -0.15) is 4.98 Å². The molecule has 0 bridgehead atoms. The third kappa shape index (κ3) is 3.92. The average Bonchev–Trinajstić information content (AvgIpc) is 3.30. The number of aromatic nitrogens is 2. The summed E-state index contributed by atoms with van der Waals surface area (Å²) in [6, 6.07) is 15.6. The largest absolute Gasteiger partial charge is 0.334 e. The van der Waals surface area contributed by atoms with Crippen LogP contribution in [-0.4, -0.2) is 16.2 Å². The molecule has 2 amide bonds. The quantitative estimate of drug-likeness (QED) is 0.413. The van der Waals surface area contributed by atoms with Gasteiger partial charge in [-0.05, 0) is 73.2 Å². The Balaban J connectivity index is 1.64. The van der Waals surface area contributed by atoms with Crippen molar-refractivity contribution < 1.29 is 22.5 Å². The lowest BCUT2D eigenvalue weighted by Gasteiger charge is -2.35. The summed E-state index contributed by atoms with van der Waals surface area (Å²) < 4.78 is 45.9. The third-order valence-electron chi connectivity index (χ3n) is 5.53. The molecule has 5 rings (SSSR count).